The van der Waals surface area contributed by atoms with E-state index in [4.69, 9.17) is 4.84 Å². The van der Waals surface area contributed by atoms with Gasteiger partial charge in [-0.15, -0.1) is 0 Å². The molecule has 1 rings (SSSR count). The van der Waals surface area contributed by atoms with Gasteiger partial charge in [-0.05, 0) is 12.0 Å². The molecule has 0 heterocycles. The van der Waals surface area contributed by atoms with Crippen molar-refractivity contribution in [3.8, 4) is 0 Å². The summed E-state index contributed by atoms with van der Waals surface area (Å²) in [7, 11) is 0. The van der Waals surface area contributed by atoms with Gasteiger partial charge in [-0.25, -0.2) is 13.2 Å². The third-order valence-electron chi connectivity index (χ3n) is 1.87. The lowest BCUT2D eigenvalue weighted by Crippen LogP contribution is -2.18. The van der Waals surface area contributed by atoms with E-state index in [-0.39, 0.29) is 12.1 Å². The SMILES string of the molecule is CC(C)CONCc1cc(F)c(F)cc1F. The molecule has 0 saturated carbocycles. The van der Waals surface area contributed by atoms with Crippen LogP contribution < -0.4 is 5.48 Å². The molecule has 0 aliphatic carbocycles. The van der Waals surface area contributed by atoms with E-state index in [9.17, 15) is 13.2 Å². The summed E-state index contributed by atoms with van der Waals surface area (Å²) in [5.41, 5.74) is 2.52. The van der Waals surface area contributed by atoms with Crippen LogP contribution in [0.2, 0.25) is 0 Å². The Kier molecular flexibility index (Phi) is 4.76. The summed E-state index contributed by atoms with van der Waals surface area (Å²) < 4.78 is 38.5. The number of hydrogen-bond donors (Lipinski definition) is 1. The number of halogens is 3. The van der Waals surface area contributed by atoms with Crippen molar-refractivity contribution in [3.63, 3.8) is 0 Å². The minimum atomic E-state index is -1.19. The topological polar surface area (TPSA) is 21.3 Å². The Labute approximate surface area is 92.4 Å². The van der Waals surface area contributed by atoms with Crippen molar-refractivity contribution in [3.05, 3.63) is 35.1 Å². The molecule has 0 unspecified atom stereocenters. The second kappa shape index (κ2) is 5.86. The molecule has 0 atom stereocenters. The molecule has 0 radical (unpaired) electrons. The summed E-state index contributed by atoms with van der Waals surface area (Å²) >= 11 is 0. The van der Waals surface area contributed by atoms with Crippen LogP contribution in [0.15, 0.2) is 12.1 Å². The standard InChI is InChI=1S/C11H14F3NO/c1-7(2)6-16-15-5-8-3-10(13)11(14)4-9(8)12/h3-4,7,15H,5-6H2,1-2H3. The van der Waals surface area contributed by atoms with Crippen molar-refractivity contribution in [1.82, 2.24) is 5.48 Å². The molecular weight excluding hydrogens is 219 g/mol. The molecule has 0 fully saturated rings. The quantitative estimate of drug-likeness (QED) is 0.479. The first kappa shape index (κ1) is 13.0. The lowest BCUT2D eigenvalue weighted by Gasteiger charge is -2.08. The normalized spacial score (nSPS) is 11.1. The van der Waals surface area contributed by atoms with Crippen LogP contribution in [0.3, 0.4) is 0 Å². The Balaban J connectivity index is 2.51. The summed E-state index contributed by atoms with van der Waals surface area (Å²) in [6.07, 6.45) is 0. The van der Waals surface area contributed by atoms with Gasteiger partial charge < -0.3 is 4.84 Å². The summed E-state index contributed by atoms with van der Waals surface area (Å²) in [6, 6.07) is 1.34. The number of rotatable bonds is 5. The van der Waals surface area contributed by atoms with Gasteiger partial charge in [-0.1, -0.05) is 13.8 Å². The summed E-state index contributed by atoms with van der Waals surface area (Å²) in [5, 5.41) is 0. The molecule has 90 valence electrons. The number of hydrogen-bond acceptors (Lipinski definition) is 2. The van der Waals surface area contributed by atoms with Gasteiger partial charge in [0.2, 0.25) is 0 Å². The van der Waals surface area contributed by atoms with E-state index in [1.165, 1.54) is 0 Å². The molecule has 0 aliphatic heterocycles. The molecule has 1 N–H and O–H groups in total. The molecule has 0 aromatic heterocycles. The molecule has 0 amide bonds. The van der Waals surface area contributed by atoms with Gasteiger partial charge in [0.15, 0.2) is 11.6 Å². The van der Waals surface area contributed by atoms with Crippen LogP contribution in [0.4, 0.5) is 13.2 Å². The van der Waals surface area contributed by atoms with Gasteiger partial charge in [-0.2, -0.15) is 5.48 Å². The van der Waals surface area contributed by atoms with Crippen LogP contribution in [-0.2, 0) is 11.4 Å². The second-order valence-electron chi connectivity index (χ2n) is 3.88. The molecule has 16 heavy (non-hydrogen) atoms. The van der Waals surface area contributed by atoms with Gasteiger partial charge in [-0.3, -0.25) is 0 Å². The van der Waals surface area contributed by atoms with E-state index in [1.807, 2.05) is 13.8 Å². The number of nitrogens with one attached hydrogen (secondary N) is 1. The average molecular weight is 233 g/mol. The van der Waals surface area contributed by atoms with Crippen molar-refractivity contribution in [2.24, 2.45) is 5.92 Å². The van der Waals surface area contributed by atoms with Crippen LogP contribution in [0, 0.1) is 23.4 Å². The van der Waals surface area contributed by atoms with Gasteiger partial charge in [0.05, 0.1) is 6.61 Å². The summed E-state index contributed by atoms with van der Waals surface area (Å²) in [5.74, 6) is -2.71. The van der Waals surface area contributed by atoms with E-state index >= 15 is 0 Å². The fourth-order valence-corrected chi connectivity index (χ4v) is 1.05. The van der Waals surface area contributed by atoms with Crippen LogP contribution in [-0.4, -0.2) is 6.61 Å². The highest BCUT2D eigenvalue weighted by atomic mass is 19.2. The zero-order valence-electron chi connectivity index (χ0n) is 9.19. The van der Waals surface area contributed by atoms with Gasteiger partial charge in [0, 0.05) is 18.2 Å². The Bertz CT molecular complexity index is 355. The van der Waals surface area contributed by atoms with E-state index in [0.717, 1.165) is 6.07 Å². The average Bonchev–Trinajstić information content (AvgIpc) is 2.19. The Morgan fingerprint density at radius 3 is 2.38 bits per heavy atom. The maximum Gasteiger partial charge on any atom is 0.161 e. The minimum Gasteiger partial charge on any atom is -0.301 e. The number of benzene rings is 1. The predicted molar refractivity (Wildman–Crippen MR) is 53.9 cm³/mol. The van der Waals surface area contributed by atoms with Crippen LogP contribution >= 0.6 is 0 Å². The third-order valence-corrected chi connectivity index (χ3v) is 1.87. The van der Waals surface area contributed by atoms with E-state index in [0.29, 0.717) is 18.6 Å². The zero-order chi connectivity index (χ0) is 12.1. The molecule has 5 heteroatoms. The van der Waals surface area contributed by atoms with Crippen LogP contribution in [0.1, 0.15) is 19.4 Å². The zero-order valence-corrected chi connectivity index (χ0v) is 9.19. The summed E-state index contributed by atoms with van der Waals surface area (Å²) in [6.45, 7) is 4.38. The lowest BCUT2D eigenvalue weighted by molar-refractivity contribution is 0.0191. The highest BCUT2D eigenvalue weighted by Crippen LogP contribution is 2.13. The van der Waals surface area contributed by atoms with Crippen LogP contribution in [0.5, 0.6) is 0 Å². The molecule has 2 nitrogen and oxygen atoms in total. The van der Waals surface area contributed by atoms with Crippen molar-refractivity contribution in [1.29, 1.82) is 0 Å². The first-order chi connectivity index (χ1) is 7.50. The van der Waals surface area contributed by atoms with Crippen molar-refractivity contribution in [2.45, 2.75) is 20.4 Å². The fourth-order valence-electron chi connectivity index (χ4n) is 1.05. The van der Waals surface area contributed by atoms with Gasteiger partial charge in [0.1, 0.15) is 5.82 Å². The second-order valence-corrected chi connectivity index (χ2v) is 3.88. The molecule has 0 aliphatic rings. The molecule has 0 bridgehead atoms. The van der Waals surface area contributed by atoms with Crippen molar-refractivity contribution in [2.75, 3.05) is 6.61 Å². The highest BCUT2D eigenvalue weighted by molar-refractivity contribution is 5.19. The predicted octanol–water partition coefficient (Wildman–Crippen LogP) is 2.78. The molecular formula is C11H14F3NO. The van der Waals surface area contributed by atoms with E-state index in [1.54, 1.807) is 0 Å². The first-order valence-electron chi connectivity index (χ1n) is 4.98. The molecule has 1 aromatic rings. The maximum absolute atomic E-state index is 13.1. The molecule has 1 aromatic carbocycles. The van der Waals surface area contributed by atoms with Gasteiger partial charge in [0.25, 0.3) is 0 Å². The van der Waals surface area contributed by atoms with Crippen molar-refractivity contribution < 1.29 is 18.0 Å². The van der Waals surface area contributed by atoms with E-state index < -0.39 is 17.5 Å². The highest BCUT2D eigenvalue weighted by Gasteiger charge is 2.09. The maximum atomic E-state index is 13.1. The Hall–Kier alpha value is -1.07. The Morgan fingerprint density at radius 2 is 1.75 bits per heavy atom. The number of hydroxylamine groups is 1. The fraction of sp³-hybridized carbons (Fsp3) is 0.455. The smallest absolute Gasteiger partial charge is 0.161 e. The van der Waals surface area contributed by atoms with E-state index in [2.05, 4.69) is 5.48 Å². The van der Waals surface area contributed by atoms with Gasteiger partial charge >= 0.3 is 0 Å². The largest absolute Gasteiger partial charge is 0.301 e. The van der Waals surface area contributed by atoms with Crippen molar-refractivity contribution >= 4 is 0 Å². The molecule has 0 spiro atoms. The van der Waals surface area contributed by atoms with Crippen LogP contribution in [0.25, 0.3) is 0 Å². The summed E-state index contributed by atoms with van der Waals surface area (Å²) in [4.78, 5) is 4.99. The first-order valence-corrected chi connectivity index (χ1v) is 4.98. The lowest BCUT2D eigenvalue weighted by atomic mass is 10.2. The minimum absolute atomic E-state index is 0.00421. The third kappa shape index (κ3) is 3.83. The monoisotopic (exact) mass is 233 g/mol. The Morgan fingerprint density at radius 1 is 1.12 bits per heavy atom. The molecule has 0 saturated heterocycles.